The number of carbonyl (C=O) groups excluding carboxylic acids is 1. The minimum absolute atomic E-state index is 0.00412. The lowest BCUT2D eigenvalue weighted by atomic mass is 9.76. The molecular formula is C16H29NO. The molecule has 2 heteroatoms. The standard InChI is InChI=1S/C16H29NO/c1-7-9-15(18)17-12-14(4)16(5,6)11-8-10-13(2)3/h7,9-10,14H,8,11-12H2,1-6H3,(H,17,18)/b9-7+. The van der Waals surface area contributed by atoms with Crippen molar-refractivity contribution in [3.8, 4) is 0 Å². The third-order valence-corrected chi connectivity index (χ3v) is 3.58. The van der Waals surface area contributed by atoms with E-state index in [1.54, 1.807) is 12.2 Å². The van der Waals surface area contributed by atoms with Crippen LogP contribution in [0, 0.1) is 11.3 Å². The zero-order valence-electron chi connectivity index (χ0n) is 12.8. The Morgan fingerprint density at radius 2 is 1.94 bits per heavy atom. The van der Waals surface area contributed by atoms with Crippen molar-refractivity contribution in [2.24, 2.45) is 11.3 Å². The maximum atomic E-state index is 11.4. The predicted octanol–water partition coefficient (Wildman–Crippen LogP) is 4.09. The highest BCUT2D eigenvalue weighted by Crippen LogP contribution is 2.31. The second kappa shape index (κ2) is 8.12. The van der Waals surface area contributed by atoms with Crippen LogP contribution in [0.3, 0.4) is 0 Å². The van der Waals surface area contributed by atoms with E-state index in [2.05, 4.69) is 46.0 Å². The van der Waals surface area contributed by atoms with Crippen LogP contribution >= 0.6 is 0 Å². The number of carbonyl (C=O) groups is 1. The van der Waals surface area contributed by atoms with Gasteiger partial charge in [0, 0.05) is 6.54 Å². The van der Waals surface area contributed by atoms with Crippen LogP contribution in [0.1, 0.15) is 54.4 Å². The molecule has 0 aromatic rings. The SMILES string of the molecule is C/C=C/C(=O)NCC(C)C(C)(C)CCC=C(C)C. The van der Waals surface area contributed by atoms with E-state index in [1.807, 2.05) is 6.92 Å². The van der Waals surface area contributed by atoms with Gasteiger partial charge in [0.1, 0.15) is 0 Å². The van der Waals surface area contributed by atoms with Crippen LogP contribution in [0.25, 0.3) is 0 Å². The second-order valence-electron chi connectivity index (χ2n) is 5.95. The van der Waals surface area contributed by atoms with Crippen molar-refractivity contribution in [2.75, 3.05) is 6.54 Å². The molecule has 1 atom stereocenters. The molecule has 0 aromatic carbocycles. The summed E-state index contributed by atoms with van der Waals surface area (Å²) in [6, 6.07) is 0. The van der Waals surface area contributed by atoms with Gasteiger partial charge in [0.05, 0.1) is 0 Å². The number of allylic oxidation sites excluding steroid dienone is 3. The van der Waals surface area contributed by atoms with E-state index in [0.717, 1.165) is 19.4 Å². The number of nitrogens with one attached hydrogen (secondary N) is 1. The second-order valence-corrected chi connectivity index (χ2v) is 5.95. The molecule has 18 heavy (non-hydrogen) atoms. The topological polar surface area (TPSA) is 29.1 Å². The molecule has 0 radical (unpaired) electrons. The fourth-order valence-corrected chi connectivity index (χ4v) is 1.72. The van der Waals surface area contributed by atoms with Gasteiger partial charge in [0.2, 0.25) is 5.91 Å². The van der Waals surface area contributed by atoms with Crippen LogP contribution < -0.4 is 5.32 Å². The zero-order valence-corrected chi connectivity index (χ0v) is 12.8. The van der Waals surface area contributed by atoms with Crippen molar-refractivity contribution in [3.05, 3.63) is 23.8 Å². The van der Waals surface area contributed by atoms with Crippen molar-refractivity contribution in [2.45, 2.75) is 54.4 Å². The Kier molecular flexibility index (Phi) is 7.65. The minimum Gasteiger partial charge on any atom is -0.352 e. The first-order chi connectivity index (χ1) is 8.29. The van der Waals surface area contributed by atoms with Crippen molar-refractivity contribution in [1.82, 2.24) is 5.32 Å². The van der Waals surface area contributed by atoms with Crippen molar-refractivity contribution >= 4 is 5.91 Å². The quantitative estimate of drug-likeness (QED) is 0.536. The average Bonchev–Trinajstić information content (AvgIpc) is 2.25. The van der Waals surface area contributed by atoms with Crippen molar-refractivity contribution in [3.63, 3.8) is 0 Å². The fourth-order valence-electron chi connectivity index (χ4n) is 1.72. The van der Waals surface area contributed by atoms with Crippen LogP contribution in [0.4, 0.5) is 0 Å². The van der Waals surface area contributed by atoms with Gasteiger partial charge in [-0.2, -0.15) is 0 Å². The van der Waals surface area contributed by atoms with E-state index in [1.165, 1.54) is 5.57 Å². The normalized spacial score (nSPS) is 13.4. The molecule has 0 heterocycles. The highest BCUT2D eigenvalue weighted by molar-refractivity contribution is 5.87. The maximum absolute atomic E-state index is 11.4. The Morgan fingerprint density at radius 1 is 1.33 bits per heavy atom. The monoisotopic (exact) mass is 251 g/mol. The minimum atomic E-state index is 0.00412. The summed E-state index contributed by atoms with van der Waals surface area (Å²) in [4.78, 5) is 11.4. The molecule has 0 aliphatic rings. The van der Waals surface area contributed by atoms with Crippen molar-refractivity contribution in [1.29, 1.82) is 0 Å². The first-order valence-electron chi connectivity index (χ1n) is 6.83. The third-order valence-electron chi connectivity index (χ3n) is 3.58. The molecule has 2 nitrogen and oxygen atoms in total. The molecule has 0 aliphatic carbocycles. The Hall–Kier alpha value is -1.05. The van der Waals surface area contributed by atoms with Gasteiger partial charge in [-0.05, 0) is 51.0 Å². The largest absolute Gasteiger partial charge is 0.352 e. The van der Waals surface area contributed by atoms with E-state index in [0.29, 0.717) is 5.92 Å². The molecule has 0 bridgehead atoms. The lowest BCUT2D eigenvalue weighted by Gasteiger charge is -2.31. The number of rotatable bonds is 7. The van der Waals surface area contributed by atoms with E-state index in [-0.39, 0.29) is 11.3 Å². The van der Waals surface area contributed by atoms with E-state index >= 15 is 0 Å². The van der Waals surface area contributed by atoms with E-state index in [9.17, 15) is 4.79 Å². The summed E-state index contributed by atoms with van der Waals surface area (Å²) in [5, 5.41) is 2.95. The first kappa shape index (κ1) is 16.9. The van der Waals surface area contributed by atoms with Crippen LogP contribution in [-0.2, 0) is 4.79 Å². The lowest BCUT2D eigenvalue weighted by Crippen LogP contribution is -2.34. The molecule has 0 fully saturated rings. The molecule has 0 aromatic heterocycles. The molecule has 104 valence electrons. The molecule has 0 aliphatic heterocycles. The Balaban J connectivity index is 4.17. The summed E-state index contributed by atoms with van der Waals surface area (Å²) < 4.78 is 0. The Labute approximate surface area is 113 Å². The highest BCUT2D eigenvalue weighted by atomic mass is 16.1. The Bertz CT molecular complexity index is 309. The zero-order chi connectivity index (χ0) is 14.2. The first-order valence-corrected chi connectivity index (χ1v) is 6.83. The van der Waals surface area contributed by atoms with Crippen LogP contribution in [0.15, 0.2) is 23.8 Å². The molecule has 1 unspecified atom stereocenters. The molecule has 0 spiro atoms. The van der Waals surface area contributed by atoms with Crippen molar-refractivity contribution < 1.29 is 4.79 Å². The highest BCUT2D eigenvalue weighted by Gasteiger charge is 2.25. The Morgan fingerprint density at radius 3 is 2.44 bits per heavy atom. The van der Waals surface area contributed by atoms with Gasteiger partial charge in [-0.15, -0.1) is 0 Å². The number of hydrogen-bond acceptors (Lipinski definition) is 1. The smallest absolute Gasteiger partial charge is 0.243 e. The molecule has 1 N–H and O–H groups in total. The molecular weight excluding hydrogens is 222 g/mol. The van der Waals surface area contributed by atoms with Gasteiger partial charge in [0.15, 0.2) is 0 Å². The maximum Gasteiger partial charge on any atom is 0.243 e. The molecule has 0 rings (SSSR count). The van der Waals surface area contributed by atoms with Gasteiger partial charge in [-0.1, -0.05) is 38.5 Å². The molecule has 1 amide bonds. The fraction of sp³-hybridized carbons (Fsp3) is 0.688. The predicted molar refractivity (Wildman–Crippen MR) is 79.4 cm³/mol. The summed E-state index contributed by atoms with van der Waals surface area (Å²) in [5.41, 5.74) is 1.62. The van der Waals surface area contributed by atoms with Gasteiger partial charge in [-0.25, -0.2) is 0 Å². The number of hydrogen-bond donors (Lipinski definition) is 1. The van der Waals surface area contributed by atoms with E-state index < -0.39 is 0 Å². The van der Waals surface area contributed by atoms with Gasteiger partial charge < -0.3 is 5.32 Å². The summed E-state index contributed by atoms with van der Waals surface area (Å²) in [7, 11) is 0. The summed E-state index contributed by atoms with van der Waals surface area (Å²) in [6.45, 7) is 13.6. The summed E-state index contributed by atoms with van der Waals surface area (Å²) in [6.07, 6.45) is 7.89. The average molecular weight is 251 g/mol. The van der Waals surface area contributed by atoms with Gasteiger partial charge in [-0.3, -0.25) is 4.79 Å². The van der Waals surface area contributed by atoms with Gasteiger partial charge >= 0.3 is 0 Å². The van der Waals surface area contributed by atoms with Gasteiger partial charge in [0.25, 0.3) is 0 Å². The van der Waals surface area contributed by atoms with Crippen LogP contribution in [0.5, 0.6) is 0 Å². The lowest BCUT2D eigenvalue weighted by molar-refractivity contribution is -0.116. The number of amides is 1. The third kappa shape index (κ3) is 7.31. The molecule has 0 saturated heterocycles. The van der Waals surface area contributed by atoms with E-state index in [4.69, 9.17) is 0 Å². The summed E-state index contributed by atoms with van der Waals surface area (Å²) >= 11 is 0. The van der Waals surface area contributed by atoms with Crippen LogP contribution in [-0.4, -0.2) is 12.5 Å². The summed E-state index contributed by atoms with van der Waals surface area (Å²) in [5.74, 6) is 0.474. The van der Waals surface area contributed by atoms with Crippen LogP contribution in [0.2, 0.25) is 0 Å². The molecule has 0 saturated carbocycles.